The van der Waals surface area contributed by atoms with Gasteiger partial charge in [-0.15, -0.1) is 0 Å². The molecule has 24 heavy (non-hydrogen) atoms. The Morgan fingerprint density at radius 1 is 1.33 bits per heavy atom. The number of ether oxygens (including phenoxy) is 1. The van der Waals surface area contributed by atoms with Gasteiger partial charge >= 0.3 is 0 Å². The monoisotopic (exact) mass is 341 g/mol. The van der Waals surface area contributed by atoms with Crippen LogP contribution in [0.4, 0.5) is 0 Å². The molecule has 2 N–H and O–H groups in total. The van der Waals surface area contributed by atoms with Crippen molar-refractivity contribution in [1.29, 1.82) is 0 Å². The number of hydrogen-bond acceptors (Lipinski definition) is 6. The fourth-order valence-electron chi connectivity index (χ4n) is 2.09. The Morgan fingerprint density at radius 2 is 2.12 bits per heavy atom. The molecular formula is C16H15N5O2S. The second-order valence-electron chi connectivity index (χ2n) is 4.80. The highest BCUT2D eigenvalue weighted by Crippen LogP contribution is 2.26. The molecule has 8 heteroatoms. The normalized spacial score (nSPS) is 11.0. The van der Waals surface area contributed by atoms with Crippen LogP contribution in [0.2, 0.25) is 0 Å². The molecule has 0 amide bonds. The minimum Gasteiger partial charge on any atom is -0.504 e. The van der Waals surface area contributed by atoms with E-state index in [9.17, 15) is 5.11 Å². The molecule has 0 atom stereocenters. The van der Waals surface area contributed by atoms with Crippen LogP contribution in [0, 0.1) is 4.77 Å². The average Bonchev–Trinajstić information content (AvgIpc) is 2.97. The Morgan fingerprint density at radius 3 is 2.88 bits per heavy atom. The van der Waals surface area contributed by atoms with E-state index in [1.165, 1.54) is 4.68 Å². The fourth-order valence-corrected chi connectivity index (χ4v) is 2.27. The van der Waals surface area contributed by atoms with E-state index < -0.39 is 0 Å². The molecule has 7 nitrogen and oxygen atoms in total. The molecule has 0 unspecified atom stereocenters. The highest BCUT2D eigenvalue weighted by Gasteiger charge is 2.08. The number of nitrogens with zero attached hydrogens (tertiary/aromatic N) is 4. The number of aromatic hydroxyl groups is 1. The van der Waals surface area contributed by atoms with Crippen molar-refractivity contribution < 1.29 is 9.84 Å². The highest BCUT2D eigenvalue weighted by atomic mass is 32.1. The van der Waals surface area contributed by atoms with Crippen LogP contribution in [0.5, 0.6) is 11.5 Å². The van der Waals surface area contributed by atoms with Crippen LogP contribution >= 0.6 is 12.2 Å². The molecule has 0 aliphatic carbocycles. The van der Waals surface area contributed by atoms with Crippen molar-refractivity contribution in [1.82, 2.24) is 19.9 Å². The number of nitrogens with one attached hydrogen (secondary N) is 1. The van der Waals surface area contributed by atoms with Gasteiger partial charge in [0.25, 0.3) is 0 Å². The number of rotatable bonds is 5. The lowest BCUT2D eigenvalue weighted by molar-refractivity contribution is 0.318. The largest absolute Gasteiger partial charge is 0.504 e. The first kappa shape index (κ1) is 15.9. The summed E-state index contributed by atoms with van der Waals surface area (Å²) >= 11 is 5.23. The SMILES string of the molecule is CCOc1cc(/C=N\n2c(-c3ccncc3)n[nH]c2=S)ccc1O. The van der Waals surface area contributed by atoms with Crippen molar-refractivity contribution in [3.8, 4) is 22.9 Å². The molecule has 0 radical (unpaired) electrons. The predicted octanol–water partition coefficient (Wildman–Crippen LogP) is 2.99. The van der Waals surface area contributed by atoms with E-state index in [1.54, 1.807) is 36.8 Å². The van der Waals surface area contributed by atoms with E-state index in [2.05, 4.69) is 20.3 Å². The van der Waals surface area contributed by atoms with Crippen molar-refractivity contribution in [3.63, 3.8) is 0 Å². The van der Waals surface area contributed by atoms with Gasteiger partial charge in [0, 0.05) is 18.0 Å². The molecule has 122 valence electrons. The smallest absolute Gasteiger partial charge is 0.216 e. The van der Waals surface area contributed by atoms with Gasteiger partial charge in [-0.3, -0.25) is 4.98 Å². The lowest BCUT2D eigenvalue weighted by Gasteiger charge is -2.06. The van der Waals surface area contributed by atoms with E-state index in [1.807, 2.05) is 19.1 Å². The quantitative estimate of drug-likeness (QED) is 0.550. The standard InChI is InChI=1S/C16H15N5O2S/c1-2-23-14-9-11(3-4-13(14)22)10-18-21-15(19-20-16(21)24)12-5-7-17-8-6-12/h3-10,22H,2H2,1H3,(H,20,24)/b18-10-. The Bertz CT molecular complexity index is 918. The number of hydrogen-bond donors (Lipinski definition) is 2. The predicted molar refractivity (Wildman–Crippen MR) is 92.9 cm³/mol. The van der Waals surface area contributed by atoms with Crippen LogP contribution < -0.4 is 4.74 Å². The van der Waals surface area contributed by atoms with Crippen LogP contribution in [0.15, 0.2) is 47.8 Å². The number of pyridine rings is 1. The number of aromatic nitrogens is 4. The van der Waals surface area contributed by atoms with E-state index in [4.69, 9.17) is 17.0 Å². The second kappa shape index (κ2) is 7.05. The molecule has 0 aliphatic rings. The molecule has 3 rings (SSSR count). The topological polar surface area (TPSA) is 88.3 Å². The van der Waals surface area contributed by atoms with Crippen molar-refractivity contribution in [2.75, 3.05) is 6.61 Å². The molecular weight excluding hydrogens is 326 g/mol. The molecule has 1 aromatic carbocycles. The summed E-state index contributed by atoms with van der Waals surface area (Å²) < 4.78 is 7.27. The summed E-state index contributed by atoms with van der Waals surface area (Å²) in [4.78, 5) is 3.99. The number of phenols is 1. The van der Waals surface area contributed by atoms with Gasteiger partial charge in [-0.1, -0.05) is 0 Å². The first-order valence-electron chi connectivity index (χ1n) is 7.27. The zero-order chi connectivity index (χ0) is 16.9. The number of phenolic OH excluding ortho intramolecular Hbond substituents is 1. The highest BCUT2D eigenvalue weighted by molar-refractivity contribution is 7.71. The number of H-pyrrole nitrogens is 1. The summed E-state index contributed by atoms with van der Waals surface area (Å²) in [5.41, 5.74) is 1.61. The Hall–Kier alpha value is -3.00. The van der Waals surface area contributed by atoms with Crippen LogP contribution in [0.1, 0.15) is 12.5 Å². The minimum absolute atomic E-state index is 0.0893. The molecule has 2 aromatic heterocycles. The summed E-state index contributed by atoms with van der Waals surface area (Å²) in [6, 6.07) is 8.65. The average molecular weight is 341 g/mol. The third kappa shape index (κ3) is 3.33. The maximum atomic E-state index is 9.74. The third-order valence-corrected chi connectivity index (χ3v) is 3.46. The molecule has 3 aromatic rings. The molecule has 0 spiro atoms. The van der Waals surface area contributed by atoms with E-state index in [0.717, 1.165) is 11.1 Å². The first-order chi connectivity index (χ1) is 11.7. The molecule has 0 saturated carbocycles. The van der Waals surface area contributed by atoms with Gasteiger partial charge in [-0.25, -0.2) is 5.10 Å². The first-order valence-corrected chi connectivity index (χ1v) is 7.68. The molecule has 2 heterocycles. The van der Waals surface area contributed by atoms with Gasteiger partial charge in [0.2, 0.25) is 4.77 Å². The van der Waals surface area contributed by atoms with Crippen molar-refractivity contribution in [2.45, 2.75) is 6.92 Å². The lowest BCUT2D eigenvalue weighted by atomic mass is 10.2. The Labute approximate surface area is 143 Å². The van der Waals surface area contributed by atoms with Gasteiger partial charge in [0.15, 0.2) is 17.3 Å². The van der Waals surface area contributed by atoms with Gasteiger partial charge in [-0.05, 0) is 55.0 Å². The number of benzene rings is 1. The molecule has 0 aliphatic heterocycles. The summed E-state index contributed by atoms with van der Waals surface area (Å²) in [5, 5.41) is 21.1. The third-order valence-electron chi connectivity index (χ3n) is 3.19. The van der Waals surface area contributed by atoms with E-state index in [-0.39, 0.29) is 5.75 Å². The maximum absolute atomic E-state index is 9.74. The van der Waals surface area contributed by atoms with Crippen LogP contribution in [0.3, 0.4) is 0 Å². The van der Waals surface area contributed by atoms with Crippen molar-refractivity contribution in [2.24, 2.45) is 5.10 Å². The van der Waals surface area contributed by atoms with Gasteiger partial charge in [0.05, 0.1) is 12.8 Å². The molecule has 0 saturated heterocycles. The summed E-state index contributed by atoms with van der Waals surface area (Å²) in [5.74, 6) is 1.08. The molecule has 0 bridgehead atoms. The minimum atomic E-state index is 0.0893. The Kier molecular flexibility index (Phi) is 4.66. The van der Waals surface area contributed by atoms with Crippen molar-refractivity contribution in [3.05, 3.63) is 53.1 Å². The summed E-state index contributed by atoms with van der Waals surface area (Å²) in [6.45, 7) is 2.32. The summed E-state index contributed by atoms with van der Waals surface area (Å²) in [6.07, 6.45) is 4.98. The van der Waals surface area contributed by atoms with E-state index >= 15 is 0 Å². The zero-order valence-corrected chi connectivity index (χ0v) is 13.7. The van der Waals surface area contributed by atoms with Gasteiger partial charge in [0.1, 0.15) is 0 Å². The van der Waals surface area contributed by atoms with Gasteiger partial charge in [-0.2, -0.15) is 14.9 Å². The number of aromatic amines is 1. The molecule has 0 fully saturated rings. The summed E-state index contributed by atoms with van der Waals surface area (Å²) in [7, 11) is 0. The van der Waals surface area contributed by atoms with Crippen LogP contribution in [0.25, 0.3) is 11.4 Å². The fraction of sp³-hybridized carbons (Fsp3) is 0.125. The maximum Gasteiger partial charge on any atom is 0.216 e. The van der Waals surface area contributed by atoms with Crippen LogP contribution in [-0.4, -0.2) is 37.8 Å². The zero-order valence-electron chi connectivity index (χ0n) is 12.9. The second-order valence-corrected chi connectivity index (χ2v) is 5.19. The van der Waals surface area contributed by atoms with Gasteiger partial charge < -0.3 is 9.84 Å². The van der Waals surface area contributed by atoms with Crippen molar-refractivity contribution >= 4 is 18.4 Å². The van der Waals surface area contributed by atoms with E-state index in [0.29, 0.717) is 23.0 Å². The lowest BCUT2D eigenvalue weighted by Crippen LogP contribution is -1.96. The Balaban J connectivity index is 1.95. The van der Waals surface area contributed by atoms with Crippen LogP contribution in [-0.2, 0) is 0 Å².